The van der Waals surface area contributed by atoms with Gasteiger partial charge in [0.15, 0.2) is 0 Å². The van der Waals surface area contributed by atoms with E-state index >= 15 is 0 Å². The Kier molecular flexibility index (Phi) is 3.83. The van der Waals surface area contributed by atoms with Crippen molar-refractivity contribution in [2.75, 3.05) is 13.2 Å². The van der Waals surface area contributed by atoms with Gasteiger partial charge in [-0.1, -0.05) is 13.8 Å². The van der Waals surface area contributed by atoms with Gasteiger partial charge >= 0.3 is 0 Å². The van der Waals surface area contributed by atoms with E-state index in [2.05, 4.69) is 34.8 Å². The summed E-state index contributed by atoms with van der Waals surface area (Å²) in [7, 11) is 0. The molecule has 3 aromatic rings. The minimum absolute atomic E-state index is 0.0213. The van der Waals surface area contributed by atoms with Gasteiger partial charge in [-0.25, -0.2) is 4.98 Å². The van der Waals surface area contributed by atoms with Gasteiger partial charge in [-0.05, 0) is 24.3 Å². The molecule has 0 amide bonds. The molecule has 23 heavy (non-hydrogen) atoms. The van der Waals surface area contributed by atoms with Crippen molar-refractivity contribution < 1.29 is 9.84 Å². The first-order chi connectivity index (χ1) is 11.2. The molecule has 1 aliphatic rings. The third-order valence-corrected chi connectivity index (χ3v) is 5.49. The second-order valence-electron chi connectivity index (χ2n) is 6.49. The lowest BCUT2D eigenvalue weighted by Crippen LogP contribution is -2.31. The Morgan fingerprint density at radius 3 is 2.96 bits per heavy atom. The number of pyridine rings is 1. The average molecular weight is 331 g/mol. The minimum atomic E-state index is -0.0213. The molecule has 2 atom stereocenters. The van der Waals surface area contributed by atoms with Crippen molar-refractivity contribution in [2.24, 2.45) is 0 Å². The number of ether oxygens (including phenoxy) is 1. The van der Waals surface area contributed by atoms with E-state index in [-0.39, 0.29) is 18.8 Å². The summed E-state index contributed by atoms with van der Waals surface area (Å²) in [6.07, 6.45) is 3.75. The number of nitrogens with zero attached hydrogens (tertiary/aromatic N) is 3. The SMILES string of the molecule is CC(C)c1nc2cnc3ccsc3c2n1[C@H]1CC[C@H](CO)OC1. The second kappa shape index (κ2) is 5.85. The van der Waals surface area contributed by atoms with Crippen molar-refractivity contribution in [2.45, 2.75) is 44.8 Å². The fourth-order valence-electron chi connectivity index (χ4n) is 3.41. The fourth-order valence-corrected chi connectivity index (χ4v) is 4.30. The smallest absolute Gasteiger partial charge is 0.112 e. The highest BCUT2D eigenvalue weighted by Gasteiger charge is 2.27. The number of fused-ring (bicyclic) bond motifs is 3. The Bertz CT molecular complexity index is 831. The molecule has 1 N–H and O–H groups in total. The molecule has 0 aliphatic carbocycles. The Labute approximate surface area is 138 Å². The summed E-state index contributed by atoms with van der Waals surface area (Å²) in [6.45, 7) is 5.09. The van der Waals surface area contributed by atoms with E-state index in [1.807, 2.05) is 6.20 Å². The molecule has 5 nitrogen and oxygen atoms in total. The molecule has 1 saturated heterocycles. The van der Waals surface area contributed by atoms with Crippen LogP contribution in [0.1, 0.15) is 44.5 Å². The van der Waals surface area contributed by atoms with E-state index in [0.717, 1.165) is 29.7 Å². The topological polar surface area (TPSA) is 60.2 Å². The first-order valence-corrected chi connectivity index (χ1v) is 9.03. The maximum Gasteiger partial charge on any atom is 0.112 e. The fraction of sp³-hybridized carbons (Fsp3) is 0.529. The van der Waals surface area contributed by atoms with Crippen LogP contribution in [0.15, 0.2) is 17.6 Å². The van der Waals surface area contributed by atoms with Crippen molar-refractivity contribution >= 4 is 32.6 Å². The van der Waals surface area contributed by atoms with Crippen LogP contribution in [0.3, 0.4) is 0 Å². The predicted molar refractivity (Wildman–Crippen MR) is 92.1 cm³/mol. The van der Waals surface area contributed by atoms with Crippen molar-refractivity contribution in [1.29, 1.82) is 0 Å². The van der Waals surface area contributed by atoms with Crippen LogP contribution >= 0.6 is 11.3 Å². The summed E-state index contributed by atoms with van der Waals surface area (Å²) in [5.41, 5.74) is 3.18. The summed E-state index contributed by atoms with van der Waals surface area (Å²) in [4.78, 5) is 9.38. The summed E-state index contributed by atoms with van der Waals surface area (Å²) < 4.78 is 9.40. The molecule has 4 rings (SSSR count). The molecule has 0 radical (unpaired) electrons. The molecule has 0 aromatic carbocycles. The predicted octanol–water partition coefficient (Wildman–Crippen LogP) is 3.48. The number of aromatic nitrogens is 3. The van der Waals surface area contributed by atoms with Crippen LogP contribution in [0, 0.1) is 0 Å². The molecular weight excluding hydrogens is 310 g/mol. The zero-order valence-electron chi connectivity index (χ0n) is 13.4. The number of thiophene rings is 1. The van der Waals surface area contributed by atoms with Gasteiger partial charge in [0.05, 0.1) is 47.3 Å². The van der Waals surface area contributed by atoms with Crippen molar-refractivity contribution in [1.82, 2.24) is 14.5 Å². The van der Waals surface area contributed by atoms with Crippen LogP contribution in [0.4, 0.5) is 0 Å². The molecule has 0 bridgehead atoms. The van der Waals surface area contributed by atoms with Gasteiger partial charge in [-0.15, -0.1) is 11.3 Å². The second-order valence-corrected chi connectivity index (χ2v) is 7.41. The maximum atomic E-state index is 9.29. The molecular formula is C17H21N3O2S. The quantitative estimate of drug-likeness (QED) is 0.798. The van der Waals surface area contributed by atoms with Crippen molar-refractivity contribution in [3.63, 3.8) is 0 Å². The summed E-state index contributed by atoms with van der Waals surface area (Å²) >= 11 is 1.72. The number of imidazole rings is 1. The first kappa shape index (κ1) is 15.1. The van der Waals surface area contributed by atoms with Gasteiger partial charge in [0.25, 0.3) is 0 Å². The molecule has 1 aliphatic heterocycles. The van der Waals surface area contributed by atoms with E-state index < -0.39 is 0 Å². The third-order valence-electron chi connectivity index (χ3n) is 4.58. The van der Waals surface area contributed by atoms with Gasteiger partial charge in [0.1, 0.15) is 11.3 Å². The highest BCUT2D eigenvalue weighted by Crippen LogP contribution is 2.36. The van der Waals surface area contributed by atoms with Crippen LogP contribution in [0.5, 0.6) is 0 Å². The largest absolute Gasteiger partial charge is 0.394 e. The number of aliphatic hydroxyl groups is 1. The lowest BCUT2D eigenvalue weighted by atomic mass is 10.0. The Morgan fingerprint density at radius 1 is 1.39 bits per heavy atom. The van der Waals surface area contributed by atoms with E-state index in [4.69, 9.17) is 9.72 Å². The minimum Gasteiger partial charge on any atom is -0.394 e. The molecule has 0 unspecified atom stereocenters. The number of rotatable bonds is 3. The molecule has 0 saturated carbocycles. The Hall–Kier alpha value is -1.50. The Balaban J connectivity index is 1.88. The number of aliphatic hydroxyl groups excluding tert-OH is 1. The summed E-state index contributed by atoms with van der Waals surface area (Å²) in [5.74, 6) is 1.44. The van der Waals surface area contributed by atoms with Crippen LogP contribution in [-0.4, -0.2) is 39.0 Å². The lowest BCUT2D eigenvalue weighted by molar-refractivity contribution is -0.0387. The zero-order chi connectivity index (χ0) is 16.0. The van der Waals surface area contributed by atoms with Gasteiger partial charge in [-0.2, -0.15) is 0 Å². The van der Waals surface area contributed by atoms with Crippen LogP contribution in [0.25, 0.3) is 21.3 Å². The van der Waals surface area contributed by atoms with Gasteiger partial charge in [0, 0.05) is 5.92 Å². The van der Waals surface area contributed by atoms with Crippen molar-refractivity contribution in [3.05, 3.63) is 23.5 Å². The van der Waals surface area contributed by atoms with Crippen LogP contribution in [-0.2, 0) is 4.74 Å². The summed E-state index contributed by atoms with van der Waals surface area (Å²) in [5, 5.41) is 11.4. The van der Waals surface area contributed by atoms with E-state index in [0.29, 0.717) is 12.5 Å². The van der Waals surface area contributed by atoms with Crippen LogP contribution < -0.4 is 0 Å². The van der Waals surface area contributed by atoms with Crippen molar-refractivity contribution in [3.8, 4) is 0 Å². The normalized spacial score (nSPS) is 22.4. The monoisotopic (exact) mass is 331 g/mol. The van der Waals surface area contributed by atoms with E-state index in [9.17, 15) is 5.11 Å². The Morgan fingerprint density at radius 2 is 2.26 bits per heavy atom. The average Bonchev–Trinajstić information content (AvgIpc) is 3.18. The number of hydrogen-bond acceptors (Lipinski definition) is 5. The maximum absolute atomic E-state index is 9.29. The molecule has 122 valence electrons. The third kappa shape index (κ3) is 2.45. The molecule has 1 fully saturated rings. The van der Waals surface area contributed by atoms with E-state index in [1.54, 1.807) is 11.3 Å². The summed E-state index contributed by atoms with van der Waals surface area (Å²) in [6, 6.07) is 2.33. The van der Waals surface area contributed by atoms with Gasteiger partial charge < -0.3 is 14.4 Å². The number of hydrogen-bond donors (Lipinski definition) is 1. The van der Waals surface area contributed by atoms with Gasteiger partial charge in [-0.3, -0.25) is 4.98 Å². The molecule has 0 spiro atoms. The highest BCUT2D eigenvalue weighted by molar-refractivity contribution is 7.18. The lowest BCUT2D eigenvalue weighted by Gasteiger charge is -2.30. The standard InChI is InChI=1S/C17H21N3O2S/c1-10(2)17-19-14-7-18-13-5-6-23-16(13)15(14)20(17)11-3-4-12(8-21)22-9-11/h5-7,10-12,21H,3-4,8-9H2,1-2H3/t11-,12+/m0/s1. The molecule has 3 aromatic heterocycles. The first-order valence-electron chi connectivity index (χ1n) is 8.15. The van der Waals surface area contributed by atoms with Gasteiger partial charge in [0.2, 0.25) is 0 Å². The van der Waals surface area contributed by atoms with Crippen LogP contribution in [0.2, 0.25) is 0 Å². The highest BCUT2D eigenvalue weighted by atomic mass is 32.1. The molecule has 4 heterocycles. The van der Waals surface area contributed by atoms with E-state index in [1.165, 1.54) is 10.2 Å². The molecule has 6 heteroatoms. The zero-order valence-corrected chi connectivity index (χ0v) is 14.2.